The van der Waals surface area contributed by atoms with Gasteiger partial charge in [0.25, 0.3) is 10.0 Å². The monoisotopic (exact) mass is 340 g/mol. The van der Waals surface area contributed by atoms with E-state index in [4.69, 9.17) is 15.0 Å². The zero-order valence-electron chi connectivity index (χ0n) is 11.2. The predicted molar refractivity (Wildman–Crippen MR) is 80.3 cm³/mol. The quantitative estimate of drug-likeness (QED) is 0.697. The van der Waals surface area contributed by atoms with E-state index in [2.05, 4.69) is 10.1 Å². The minimum Gasteiger partial charge on any atom is -0.491 e. The lowest BCUT2D eigenvalue weighted by Gasteiger charge is -2.04. The standard InChI is InChI=1S/C12H12N4O4S2/c13-22(18,19)12-15-16-7-10(14-11(16)21-12)8-1-3-9(4-2-8)20-6-5-17/h1-4,7,17H,5-6H2,(H2,13,18,19). The number of aliphatic hydroxyl groups is 1. The molecule has 0 aliphatic carbocycles. The molecule has 0 saturated heterocycles. The van der Waals surface area contributed by atoms with E-state index in [1.807, 2.05) is 12.1 Å². The van der Waals surface area contributed by atoms with Crippen LogP contribution in [-0.2, 0) is 10.0 Å². The molecule has 0 atom stereocenters. The van der Waals surface area contributed by atoms with Crippen LogP contribution in [0.25, 0.3) is 16.2 Å². The Hall–Kier alpha value is -2.01. The first-order chi connectivity index (χ1) is 10.5. The van der Waals surface area contributed by atoms with Gasteiger partial charge in [-0.25, -0.2) is 23.1 Å². The maximum absolute atomic E-state index is 11.2. The number of sulfonamides is 1. The van der Waals surface area contributed by atoms with E-state index in [1.54, 1.807) is 18.3 Å². The Bertz CT molecular complexity index is 868. The summed E-state index contributed by atoms with van der Waals surface area (Å²) in [6.07, 6.45) is 1.63. The van der Waals surface area contributed by atoms with Crippen molar-refractivity contribution >= 4 is 26.3 Å². The summed E-state index contributed by atoms with van der Waals surface area (Å²) >= 11 is 0.909. The van der Waals surface area contributed by atoms with Crippen LogP contribution in [0.3, 0.4) is 0 Å². The summed E-state index contributed by atoms with van der Waals surface area (Å²) in [5.41, 5.74) is 1.50. The number of rotatable bonds is 5. The third-order valence-corrected chi connectivity index (χ3v) is 5.01. The molecule has 0 aliphatic rings. The molecule has 3 rings (SSSR count). The van der Waals surface area contributed by atoms with Crippen LogP contribution in [0.4, 0.5) is 0 Å². The lowest BCUT2D eigenvalue weighted by atomic mass is 10.2. The van der Waals surface area contributed by atoms with E-state index < -0.39 is 10.0 Å². The molecule has 22 heavy (non-hydrogen) atoms. The fourth-order valence-corrected chi connectivity index (χ4v) is 3.33. The van der Waals surface area contributed by atoms with Gasteiger partial charge in [0.15, 0.2) is 0 Å². The molecule has 10 heteroatoms. The number of aromatic nitrogens is 3. The van der Waals surface area contributed by atoms with Gasteiger partial charge in [0.2, 0.25) is 9.30 Å². The second-order valence-electron chi connectivity index (χ2n) is 4.36. The van der Waals surface area contributed by atoms with Gasteiger partial charge in [0.1, 0.15) is 12.4 Å². The van der Waals surface area contributed by atoms with Crippen molar-refractivity contribution in [2.75, 3.05) is 13.2 Å². The second kappa shape index (κ2) is 5.65. The fraction of sp³-hybridized carbons (Fsp3) is 0.167. The molecule has 3 aromatic rings. The zero-order valence-corrected chi connectivity index (χ0v) is 12.8. The summed E-state index contributed by atoms with van der Waals surface area (Å²) in [7, 11) is -3.82. The minimum absolute atomic E-state index is 0.0445. The Morgan fingerprint density at radius 3 is 2.64 bits per heavy atom. The number of ether oxygens (including phenoxy) is 1. The van der Waals surface area contributed by atoms with E-state index in [-0.39, 0.29) is 17.6 Å². The van der Waals surface area contributed by atoms with Gasteiger partial charge in [-0.2, -0.15) is 0 Å². The fourth-order valence-electron chi connectivity index (χ4n) is 1.82. The molecule has 0 amide bonds. The summed E-state index contributed by atoms with van der Waals surface area (Å²) in [4.78, 5) is 4.77. The van der Waals surface area contributed by atoms with Crippen molar-refractivity contribution in [2.24, 2.45) is 5.14 Å². The molecule has 2 heterocycles. The van der Waals surface area contributed by atoms with E-state index in [1.165, 1.54) is 4.52 Å². The van der Waals surface area contributed by atoms with Crippen LogP contribution >= 0.6 is 11.3 Å². The van der Waals surface area contributed by atoms with Crippen molar-refractivity contribution in [2.45, 2.75) is 4.34 Å². The number of imidazole rings is 1. The Labute approximate surface area is 129 Å². The number of hydrogen-bond donors (Lipinski definition) is 2. The first-order valence-electron chi connectivity index (χ1n) is 6.20. The van der Waals surface area contributed by atoms with Gasteiger partial charge in [-0.05, 0) is 24.3 Å². The molecule has 0 saturated carbocycles. The number of benzene rings is 1. The van der Waals surface area contributed by atoms with Crippen molar-refractivity contribution in [1.29, 1.82) is 0 Å². The molecular formula is C12H12N4O4S2. The third-order valence-electron chi connectivity index (χ3n) is 2.78. The molecule has 0 aliphatic heterocycles. The lowest BCUT2D eigenvalue weighted by Crippen LogP contribution is -2.12. The van der Waals surface area contributed by atoms with Crippen LogP contribution in [0.5, 0.6) is 5.75 Å². The largest absolute Gasteiger partial charge is 0.491 e. The van der Waals surface area contributed by atoms with Crippen molar-refractivity contribution < 1.29 is 18.3 Å². The summed E-state index contributed by atoms with van der Waals surface area (Å²) in [6, 6.07) is 7.17. The average Bonchev–Trinajstić information content (AvgIpc) is 3.03. The predicted octanol–water partition coefficient (Wildman–Crippen LogP) is 0.476. The summed E-state index contributed by atoms with van der Waals surface area (Å²) in [6.45, 7) is 0.191. The molecule has 116 valence electrons. The van der Waals surface area contributed by atoms with E-state index in [0.29, 0.717) is 16.4 Å². The first-order valence-corrected chi connectivity index (χ1v) is 8.57. The summed E-state index contributed by atoms with van der Waals surface area (Å²) < 4.78 is 29.0. The van der Waals surface area contributed by atoms with Crippen molar-refractivity contribution in [3.63, 3.8) is 0 Å². The maximum atomic E-state index is 11.2. The number of aliphatic hydroxyl groups excluding tert-OH is 1. The Morgan fingerprint density at radius 2 is 2.05 bits per heavy atom. The maximum Gasteiger partial charge on any atom is 0.267 e. The highest BCUT2D eigenvalue weighted by molar-refractivity contribution is 7.91. The molecule has 0 unspecified atom stereocenters. The number of primary sulfonamides is 1. The Morgan fingerprint density at radius 1 is 1.32 bits per heavy atom. The van der Waals surface area contributed by atoms with Gasteiger partial charge in [-0.1, -0.05) is 11.3 Å². The summed E-state index contributed by atoms with van der Waals surface area (Å²) in [5.74, 6) is 0.647. The van der Waals surface area contributed by atoms with E-state index >= 15 is 0 Å². The molecule has 0 bridgehead atoms. The minimum atomic E-state index is -3.82. The second-order valence-corrected chi connectivity index (χ2v) is 7.05. The lowest BCUT2D eigenvalue weighted by molar-refractivity contribution is 0.201. The van der Waals surface area contributed by atoms with Crippen LogP contribution in [-0.4, -0.2) is 41.3 Å². The third kappa shape index (κ3) is 2.95. The molecule has 3 N–H and O–H groups in total. The smallest absolute Gasteiger partial charge is 0.267 e. The van der Waals surface area contributed by atoms with Gasteiger partial charge >= 0.3 is 0 Å². The number of fused-ring (bicyclic) bond motifs is 1. The van der Waals surface area contributed by atoms with Crippen LogP contribution in [0, 0.1) is 0 Å². The van der Waals surface area contributed by atoms with Crippen LogP contribution in [0.1, 0.15) is 0 Å². The number of nitrogens with zero attached hydrogens (tertiary/aromatic N) is 3. The first kappa shape index (κ1) is 14.9. The molecule has 0 fully saturated rings. The number of hydrogen-bond acceptors (Lipinski definition) is 7. The summed E-state index contributed by atoms with van der Waals surface area (Å²) in [5, 5.41) is 17.6. The highest BCUT2D eigenvalue weighted by Gasteiger charge is 2.17. The van der Waals surface area contributed by atoms with Crippen LogP contribution in [0.15, 0.2) is 34.8 Å². The number of nitrogens with two attached hydrogens (primary N) is 1. The highest BCUT2D eigenvalue weighted by atomic mass is 32.2. The molecule has 0 spiro atoms. The van der Waals surface area contributed by atoms with E-state index in [9.17, 15) is 8.42 Å². The highest BCUT2D eigenvalue weighted by Crippen LogP contribution is 2.25. The average molecular weight is 340 g/mol. The topological polar surface area (TPSA) is 120 Å². The molecule has 0 radical (unpaired) electrons. The molecule has 1 aromatic carbocycles. The Balaban J connectivity index is 1.88. The van der Waals surface area contributed by atoms with Gasteiger partial charge in [0.05, 0.1) is 18.5 Å². The van der Waals surface area contributed by atoms with Crippen molar-refractivity contribution in [3.05, 3.63) is 30.5 Å². The normalized spacial score (nSPS) is 11.9. The van der Waals surface area contributed by atoms with Crippen LogP contribution < -0.4 is 9.88 Å². The molecule has 2 aromatic heterocycles. The Kier molecular flexibility index (Phi) is 3.83. The van der Waals surface area contributed by atoms with Gasteiger partial charge in [-0.15, -0.1) is 5.10 Å². The zero-order chi connectivity index (χ0) is 15.7. The molecule has 8 nitrogen and oxygen atoms in total. The van der Waals surface area contributed by atoms with Crippen LogP contribution in [0.2, 0.25) is 0 Å². The van der Waals surface area contributed by atoms with Crippen molar-refractivity contribution in [3.8, 4) is 17.0 Å². The van der Waals surface area contributed by atoms with Gasteiger partial charge in [-0.3, -0.25) is 0 Å². The molecular weight excluding hydrogens is 328 g/mol. The SMILES string of the molecule is NS(=O)(=O)c1nn2cc(-c3ccc(OCCO)cc3)nc2s1. The van der Waals surface area contributed by atoms with E-state index in [0.717, 1.165) is 16.9 Å². The van der Waals surface area contributed by atoms with Gasteiger partial charge < -0.3 is 9.84 Å². The van der Waals surface area contributed by atoms with Gasteiger partial charge in [0, 0.05) is 5.56 Å². The van der Waals surface area contributed by atoms with Crippen molar-refractivity contribution in [1.82, 2.24) is 14.6 Å².